The maximum atomic E-state index is 12.1. The molecule has 1 aromatic heterocycles. The standard InChI is InChI=1S/C19H23N3O3S.C2HF3O2/c1-24-17-5-3-2-4-13(17)7-22-8-15-14(10-25-18(15)9-22)6-20-19(23)16-11-26-12-21-16;3-2(4,5)1(6)7/h2-5,11-12,14-15,18H,6-10H2,1H3,(H,20,23);(H,6,7)/t14-,15+,18+;/m0./s1. The van der Waals surface area contributed by atoms with Crippen molar-refractivity contribution < 1.29 is 37.3 Å². The van der Waals surface area contributed by atoms with Crippen molar-refractivity contribution in [3.8, 4) is 5.75 Å². The van der Waals surface area contributed by atoms with E-state index in [0.29, 0.717) is 24.1 Å². The number of carboxylic acids is 1. The molecule has 0 spiro atoms. The number of benzene rings is 1. The summed E-state index contributed by atoms with van der Waals surface area (Å²) in [4.78, 5) is 27.5. The van der Waals surface area contributed by atoms with Crippen molar-refractivity contribution in [2.24, 2.45) is 11.8 Å². The number of fused-ring (bicyclic) bond motifs is 1. The van der Waals surface area contributed by atoms with E-state index < -0.39 is 12.1 Å². The number of methoxy groups -OCH3 is 1. The number of carbonyl (C=O) groups excluding carboxylic acids is 1. The van der Waals surface area contributed by atoms with Crippen LogP contribution in [0.5, 0.6) is 5.75 Å². The van der Waals surface area contributed by atoms with Crippen LogP contribution in [0.3, 0.4) is 0 Å². The third kappa shape index (κ3) is 6.65. The largest absolute Gasteiger partial charge is 0.496 e. The van der Waals surface area contributed by atoms with Crippen LogP contribution in [0.4, 0.5) is 13.2 Å². The summed E-state index contributed by atoms with van der Waals surface area (Å²) in [5, 5.41) is 11.9. The fourth-order valence-electron chi connectivity index (χ4n) is 3.93. The van der Waals surface area contributed by atoms with Crippen LogP contribution in [0.15, 0.2) is 35.2 Å². The summed E-state index contributed by atoms with van der Waals surface area (Å²) in [7, 11) is 1.71. The molecule has 3 heterocycles. The van der Waals surface area contributed by atoms with Gasteiger partial charge in [0, 0.05) is 49.0 Å². The maximum Gasteiger partial charge on any atom is 0.490 e. The zero-order valence-corrected chi connectivity index (χ0v) is 18.6. The lowest BCUT2D eigenvalue weighted by molar-refractivity contribution is -0.192. The Morgan fingerprint density at radius 3 is 2.70 bits per heavy atom. The highest BCUT2D eigenvalue weighted by Gasteiger charge is 2.43. The van der Waals surface area contributed by atoms with E-state index >= 15 is 0 Å². The SMILES string of the molecule is COc1ccccc1CN1C[C@@H]2[C@@H](CNC(=O)c3cscn3)CO[C@@H]2C1.O=C(O)C(F)(F)F. The number of rotatable bonds is 6. The monoisotopic (exact) mass is 487 g/mol. The van der Waals surface area contributed by atoms with Gasteiger partial charge in [-0.15, -0.1) is 11.3 Å². The lowest BCUT2D eigenvalue weighted by atomic mass is 9.93. The molecule has 2 saturated heterocycles. The van der Waals surface area contributed by atoms with Gasteiger partial charge in [0.15, 0.2) is 0 Å². The van der Waals surface area contributed by atoms with Gasteiger partial charge in [0.05, 0.1) is 25.3 Å². The number of hydrogen-bond acceptors (Lipinski definition) is 7. The molecule has 2 aromatic rings. The number of hydrogen-bond donors (Lipinski definition) is 2. The van der Waals surface area contributed by atoms with Gasteiger partial charge >= 0.3 is 12.1 Å². The second kappa shape index (κ2) is 10.9. The molecule has 3 atom stereocenters. The number of para-hydroxylation sites is 1. The van der Waals surface area contributed by atoms with E-state index in [-0.39, 0.29) is 12.0 Å². The average Bonchev–Trinajstić information content (AvgIpc) is 3.50. The van der Waals surface area contributed by atoms with Gasteiger partial charge < -0.3 is 19.9 Å². The van der Waals surface area contributed by atoms with Gasteiger partial charge in [-0.3, -0.25) is 9.69 Å². The van der Waals surface area contributed by atoms with Gasteiger partial charge in [0.25, 0.3) is 5.91 Å². The quantitative estimate of drug-likeness (QED) is 0.646. The fraction of sp³-hybridized carbons (Fsp3) is 0.476. The van der Waals surface area contributed by atoms with Crippen LogP contribution >= 0.6 is 11.3 Å². The van der Waals surface area contributed by atoms with E-state index in [4.69, 9.17) is 19.4 Å². The topological polar surface area (TPSA) is 101 Å². The predicted molar refractivity (Wildman–Crippen MR) is 113 cm³/mol. The molecule has 1 amide bonds. The van der Waals surface area contributed by atoms with Gasteiger partial charge in [-0.2, -0.15) is 13.2 Å². The zero-order valence-electron chi connectivity index (χ0n) is 17.7. The fourth-order valence-corrected chi connectivity index (χ4v) is 4.46. The molecule has 8 nitrogen and oxygen atoms in total. The number of thiazole rings is 1. The number of halogens is 3. The number of aromatic nitrogens is 1. The first-order chi connectivity index (χ1) is 15.7. The minimum absolute atomic E-state index is 0.0985. The van der Waals surface area contributed by atoms with Crippen LogP contribution < -0.4 is 10.1 Å². The molecule has 180 valence electrons. The Labute approximate surface area is 192 Å². The number of nitrogens with zero attached hydrogens (tertiary/aromatic N) is 2. The lowest BCUT2D eigenvalue weighted by Gasteiger charge is -2.20. The smallest absolute Gasteiger partial charge is 0.490 e. The van der Waals surface area contributed by atoms with Crippen molar-refractivity contribution in [3.05, 3.63) is 46.4 Å². The molecule has 4 rings (SSSR count). The van der Waals surface area contributed by atoms with Crippen molar-refractivity contribution in [3.63, 3.8) is 0 Å². The number of nitrogens with one attached hydrogen (secondary N) is 1. The molecule has 0 aliphatic carbocycles. The number of carboxylic acid groups (broad SMARTS) is 1. The molecule has 0 saturated carbocycles. The number of alkyl halides is 3. The molecule has 2 aliphatic heterocycles. The number of amides is 1. The van der Waals surface area contributed by atoms with E-state index in [2.05, 4.69) is 21.3 Å². The Bertz CT molecular complexity index is 941. The number of carbonyl (C=O) groups is 2. The van der Waals surface area contributed by atoms with Crippen molar-refractivity contribution in [1.82, 2.24) is 15.2 Å². The van der Waals surface area contributed by atoms with Crippen LogP contribution in [-0.2, 0) is 16.1 Å². The van der Waals surface area contributed by atoms with E-state index in [1.807, 2.05) is 18.2 Å². The van der Waals surface area contributed by atoms with Gasteiger partial charge in [-0.25, -0.2) is 9.78 Å². The molecule has 33 heavy (non-hydrogen) atoms. The molecule has 0 unspecified atom stereocenters. The summed E-state index contributed by atoms with van der Waals surface area (Å²) >= 11 is 1.43. The second-order valence-electron chi connectivity index (χ2n) is 7.69. The van der Waals surface area contributed by atoms with Crippen LogP contribution in [0, 0.1) is 11.8 Å². The Balaban J connectivity index is 0.000000383. The lowest BCUT2D eigenvalue weighted by Crippen LogP contribution is -2.34. The molecule has 0 bridgehead atoms. The van der Waals surface area contributed by atoms with Crippen LogP contribution in [0.1, 0.15) is 16.1 Å². The van der Waals surface area contributed by atoms with Crippen molar-refractivity contribution in [2.45, 2.75) is 18.8 Å². The van der Waals surface area contributed by atoms with E-state index in [1.165, 1.54) is 16.9 Å². The highest BCUT2D eigenvalue weighted by atomic mass is 32.1. The highest BCUT2D eigenvalue weighted by Crippen LogP contribution is 2.34. The average molecular weight is 488 g/mol. The second-order valence-corrected chi connectivity index (χ2v) is 8.41. The summed E-state index contributed by atoms with van der Waals surface area (Å²) in [5.41, 5.74) is 3.37. The van der Waals surface area contributed by atoms with Crippen LogP contribution in [0.25, 0.3) is 0 Å². The maximum absolute atomic E-state index is 12.1. The summed E-state index contributed by atoms with van der Waals surface area (Å²) < 4.78 is 43.2. The Morgan fingerprint density at radius 1 is 1.33 bits per heavy atom. The third-order valence-electron chi connectivity index (χ3n) is 5.53. The molecular formula is C21H24F3N3O5S. The Morgan fingerprint density at radius 2 is 2.06 bits per heavy atom. The van der Waals surface area contributed by atoms with E-state index in [9.17, 15) is 18.0 Å². The first-order valence-electron chi connectivity index (χ1n) is 10.1. The van der Waals surface area contributed by atoms with Gasteiger partial charge in [0.2, 0.25) is 0 Å². The molecule has 12 heteroatoms. The van der Waals surface area contributed by atoms with Gasteiger partial charge in [-0.1, -0.05) is 18.2 Å². The normalized spacial score (nSPS) is 22.2. The van der Waals surface area contributed by atoms with E-state index in [0.717, 1.165) is 32.0 Å². The first-order valence-corrected chi connectivity index (χ1v) is 11.1. The van der Waals surface area contributed by atoms with Crippen LogP contribution in [0.2, 0.25) is 0 Å². The highest BCUT2D eigenvalue weighted by molar-refractivity contribution is 7.07. The minimum atomic E-state index is -5.08. The van der Waals surface area contributed by atoms with Crippen LogP contribution in [-0.4, -0.2) is 72.5 Å². The molecular weight excluding hydrogens is 463 g/mol. The molecule has 2 fully saturated rings. The zero-order chi connectivity index (χ0) is 24.0. The predicted octanol–water partition coefficient (Wildman–Crippen LogP) is 2.66. The van der Waals surface area contributed by atoms with Gasteiger partial charge in [-0.05, 0) is 6.07 Å². The molecule has 2 aliphatic rings. The third-order valence-corrected chi connectivity index (χ3v) is 6.12. The first kappa shape index (κ1) is 24.9. The summed E-state index contributed by atoms with van der Waals surface area (Å²) in [5.74, 6) is -1.12. The summed E-state index contributed by atoms with van der Waals surface area (Å²) in [6.45, 7) is 4.13. The Kier molecular flexibility index (Phi) is 8.27. The molecule has 1 aromatic carbocycles. The molecule has 2 N–H and O–H groups in total. The van der Waals surface area contributed by atoms with Crippen molar-refractivity contribution in [1.29, 1.82) is 0 Å². The van der Waals surface area contributed by atoms with E-state index in [1.54, 1.807) is 18.0 Å². The van der Waals surface area contributed by atoms with Crippen molar-refractivity contribution >= 4 is 23.2 Å². The minimum Gasteiger partial charge on any atom is -0.496 e. The number of aliphatic carboxylic acids is 1. The molecule has 0 radical (unpaired) electrons. The van der Waals surface area contributed by atoms with Crippen molar-refractivity contribution in [2.75, 3.05) is 33.4 Å². The summed E-state index contributed by atoms with van der Waals surface area (Å²) in [6, 6.07) is 8.15. The number of likely N-dealkylation sites (tertiary alicyclic amines) is 1. The van der Waals surface area contributed by atoms with Gasteiger partial charge in [0.1, 0.15) is 11.4 Å². The Hall–Kier alpha value is -2.70. The summed E-state index contributed by atoms with van der Waals surface area (Å²) in [6.07, 6.45) is -4.83. The number of ether oxygens (including phenoxy) is 2.